The number of fused-ring (bicyclic) bond motifs is 2. The van der Waals surface area contributed by atoms with Crippen LogP contribution in [-0.4, -0.2) is 57.7 Å². The van der Waals surface area contributed by atoms with Gasteiger partial charge >= 0.3 is 0 Å². The van der Waals surface area contributed by atoms with E-state index < -0.39 is 5.41 Å². The number of aromatic nitrogens is 3. The summed E-state index contributed by atoms with van der Waals surface area (Å²) in [6.07, 6.45) is 5.02. The van der Waals surface area contributed by atoms with E-state index >= 15 is 0 Å². The second kappa shape index (κ2) is 11.6. The molecule has 2 amide bonds. The van der Waals surface area contributed by atoms with Crippen molar-refractivity contribution in [1.29, 1.82) is 0 Å². The molecule has 42 heavy (non-hydrogen) atoms. The summed E-state index contributed by atoms with van der Waals surface area (Å²) in [5.41, 5.74) is 4.14. The number of rotatable bonds is 10. The Hall–Kier alpha value is -4.18. The fraction of sp³-hybridized carbons (Fsp3) is 0.438. The number of benzene rings is 1. The van der Waals surface area contributed by atoms with E-state index in [0.29, 0.717) is 37.1 Å². The largest absolute Gasteiger partial charge is 0.464 e. The van der Waals surface area contributed by atoms with Gasteiger partial charge in [-0.3, -0.25) is 24.0 Å². The number of pyridine rings is 1. The van der Waals surface area contributed by atoms with Gasteiger partial charge in [0.2, 0.25) is 11.8 Å². The first-order valence-corrected chi connectivity index (χ1v) is 14.5. The second-order valence-electron chi connectivity index (χ2n) is 11.7. The van der Waals surface area contributed by atoms with Crippen LogP contribution in [0, 0.1) is 12.3 Å². The van der Waals surface area contributed by atoms with E-state index in [0.717, 1.165) is 47.7 Å². The normalized spacial score (nSPS) is 15.1. The van der Waals surface area contributed by atoms with Crippen molar-refractivity contribution in [3.8, 4) is 0 Å². The zero-order valence-electron chi connectivity index (χ0n) is 25.4. The third kappa shape index (κ3) is 5.51. The van der Waals surface area contributed by atoms with E-state index in [2.05, 4.69) is 22.1 Å². The van der Waals surface area contributed by atoms with Gasteiger partial charge in [0.25, 0.3) is 5.56 Å². The van der Waals surface area contributed by atoms with Crippen LogP contribution < -0.4 is 15.4 Å². The van der Waals surface area contributed by atoms with Gasteiger partial charge in [0, 0.05) is 46.5 Å². The van der Waals surface area contributed by atoms with Crippen LogP contribution in [0.2, 0.25) is 0 Å². The van der Waals surface area contributed by atoms with E-state index in [4.69, 9.17) is 4.42 Å². The number of amides is 2. The predicted octanol–water partition coefficient (Wildman–Crippen LogP) is 4.13. The summed E-state index contributed by atoms with van der Waals surface area (Å²) < 4.78 is 9.02. The van der Waals surface area contributed by atoms with Crippen LogP contribution in [0.15, 0.2) is 58.1 Å². The number of hydrogen-bond donors (Lipinski definition) is 0. The van der Waals surface area contributed by atoms with Crippen molar-refractivity contribution in [2.75, 3.05) is 36.5 Å². The molecule has 4 heterocycles. The average molecular weight is 573 g/mol. The second-order valence-corrected chi connectivity index (χ2v) is 11.7. The van der Waals surface area contributed by atoms with Gasteiger partial charge in [-0.25, -0.2) is 0 Å². The van der Waals surface area contributed by atoms with E-state index in [1.54, 1.807) is 53.8 Å². The van der Waals surface area contributed by atoms with Crippen LogP contribution in [0.5, 0.6) is 0 Å². The highest BCUT2D eigenvalue weighted by Crippen LogP contribution is 2.38. The highest BCUT2D eigenvalue weighted by atomic mass is 16.3. The topological polar surface area (TPSA) is 96.8 Å². The molecule has 10 heteroatoms. The Kier molecular flexibility index (Phi) is 8.10. The minimum absolute atomic E-state index is 0.0518. The number of carbonyl (C=O) groups excluding carboxylic acids is 2. The first kappa shape index (κ1) is 29.3. The van der Waals surface area contributed by atoms with Crippen LogP contribution >= 0.6 is 0 Å². The Morgan fingerprint density at radius 3 is 2.48 bits per heavy atom. The number of furan rings is 1. The number of carbonyl (C=O) groups is 2. The van der Waals surface area contributed by atoms with Crippen molar-refractivity contribution in [3.05, 3.63) is 76.2 Å². The number of nitrogens with zero attached hydrogens (tertiary/aromatic N) is 6. The summed E-state index contributed by atoms with van der Waals surface area (Å²) in [4.78, 5) is 45.0. The molecule has 3 aromatic heterocycles. The van der Waals surface area contributed by atoms with Gasteiger partial charge < -0.3 is 18.8 Å². The van der Waals surface area contributed by atoms with Crippen LogP contribution in [0.3, 0.4) is 0 Å². The Morgan fingerprint density at radius 2 is 1.76 bits per heavy atom. The molecule has 4 aromatic rings. The quantitative estimate of drug-likeness (QED) is 0.265. The molecule has 5 rings (SSSR count). The summed E-state index contributed by atoms with van der Waals surface area (Å²) in [7, 11) is 3.70. The number of anilines is 2. The maximum absolute atomic E-state index is 13.2. The van der Waals surface area contributed by atoms with Crippen LogP contribution in [0.4, 0.5) is 11.4 Å². The molecular weight excluding hydrogens is 532 g/mol. The third-order valence-electron chi connectivity index (χ3n) is 8.30. The Balaban J connectivity index is 1.32. The highest BCUT2D eigenvalue weighted by Gasteiger charge is 2.45. The molecule has 0 saturated carbocycles. The smallest absolute Gasteiger partial charge is 0.261 e. The van der Waals surface area contributed by atoms with Crippen molar-refractivity contribution in [1.82, 2.24) is 19.2 Å². The number of hydrogen-bond acceptors (Lipinski definition) is 6. The average Bonchev–Trinajstić information content (AvgIpc) is 3.56. The Bertz CT molecular complexity index is 1680. The van der Waals surface area contributed by atoms with Gasteiger partial charge in [0.05, 0.1) is 34.4 Å². The Labute approximate surface area is 246 Å². The molecule has 1 aromatic carbocycles. The van der Waals surface area contributed by atoms with Crippen molar-refractivity contribution < 1.29 is 14.0 Å². The van der Waals surface area contributed by atoms with E-state index in [9.17, 15) is 14.4 Å². The SMILES string of the molecule is CCN1C(=O)C(C)(C)C(=O)N(C)c2cc(CCCN(CCn3ccc4occc4c3=O)Cc3cc(C)nn3C)ccc21. The summed E-state index contributed by atoms with van der Waals surface area (Å²) in [5.74, 6) is -0.385. The molecular formula is C32H40N6O4. The maximum Gasteiger partial charge on any atom is 0.261 e. The molecule has 0 bridgehead atoms. The molecule has 222 valence electrons. The van der Waals surface area contributed by atoms with Crippen LogP contribution in [0.25, 0.3) is 11.0 Å². The minimum atomic E-state index is -1.13. The molecule has 0 saturated heterocycles. The van der Waals surface area contributed by atoms with Gasteiger partial charge in [0.15, 0.2) is 0 Å². The van der Waals surface area contributed by atoms with Crippen LogP contribution in [-0.2, 0) is 36.1 Å². The van der Waals surface area contributed by atoms with Gasteiger partial charge in [0.1, 0.15) is 11.0 Å². The molecule has 0 atom stereocenters. The lowest BCUT2D eigenvalue weighted by molar-refractivity contribution is -0.137. The van der Waals surface area contributed by atoms with Crippen molar-refractivity contribution >= 4 is 34.2 Å². The maximum atomic E-state index is 13.2. The Morgan fingerprint density at radius 1 is 0.976 bits per heavy atom. The zero-order chi connectivity index (χ0) is 30.2. The lowest BCUT2D eigenvalue weighted by Gasteiger charge is -2.27. The standard InChI is InChI=1S/C32H40N6O4/c1-7-38-26-11-10-23(20-27(26)34(5)30(40)32(3,4)31(38)41)9-8-14-36(21-24-19-22(2)33-35(24)6)16-17-37-15-12-28-25(29(37)39)13-18-42-28/h10-13,15,18-20H,7-9,14,16-17,21H2,1-6H3. The minimum Gasteiger partial charge on any atom is -0.464 e. The fourth-order valence-corrected chi connectivity index (χ4v) is 5.85. The molecule has 0 aliphatic carbocycles. The van der Waals surface area contributed by atoms with Crippen molar-refractivity contribution in [3.63, 3.8) is 0 Å². The first-order chi connectivity index (χ1) is 20.0. The molecule has 0 radical (unpaired) electrons. The monoisotopic (exact) mass is 572 g/mol. The predicted molar refractivity (Wildman–Crippen MR) is 164 cm³/mol. The van der Waals surface area contributed by atoms with Gasteiger partial charge in [-0.2, -0.15) is 5.10 Å². The zero-order valence-corrected chi connectivity index (χ0v) is 25.4. The molecule has 1 aliphatic rings. The van der Waals surface area contributed by atoms with Gasteiger partial charge in [-0.1, -0.05) is 6.07 Å². The molecule has 10 nitrogen and oxygen atoms in total. The summed E-state index contributed by atoms with van der Waals surface area (Å²) >= 11 is 0. The molecule has 0 spiro atoms. The molecule has 0 fully saturated rings. The molecule has 1 aliphatic heterocycles. The number of aryl methyl sites for hydroxylation is 3. The van der Waals surface area contributed by atoms with Crippen molar-refractivity contribution in [2.24, 2.45) is 12.5 Å². The summed E-state index contributed by atoms with van der Waals surface area (Å²) in [6.45, 7) is 10.6. The third-order valence-corrected chi connectivity index (χ3v) is 8.30. The lowest BCUT2D eigenvalue weighted by atomic mass is 9.90. The highest BCUT2D eigenvalue weighted by molar-refractivity contribution is 6.19. The summed E-state index contributed by atoms with van der Waals surface area (Å²) in [6, 6.07) is 11.7. The van der Waals surface area contributed by atoms with E-state index in [1.165, 1.54) is 0 Å². The fourth-order valence-electron chi connectivity index (χ4n) is 5.85. The van der Waals surface area contributed by atoms with E-state index in [-0.39, 0.29) is 17.4 Å². The molecule has 0 N–H and O–H groups in total. The summed E-state index contributed by atoms with van der Waals surface area (Å²) in [5, 5.41) is 5.09. The van der Waals surface area contributed by atoms with Crippen LogP contribution in [0.1, 0.15) is 44.1 Å². The molecule has 0 unspecified atom stereocenters. The van der Waals surface area contributed by atoms with E-state index in [1.807, 2.05) is 43.8 Å². The van der Waals surface area contributed by atoms with Gasteiger partial charge in [-0.05, 0) is 83.0 Å². The lowest BCUT2D eigenvalue weighted by Crippen LogP contribution is -2.47. The first-order valence-electron chi connectivity index (χ1n) is 14.5. The van der Waals surface area contributed by atoms with Crippen molar-refractivity contribution in [2.45, 2.75) is 53.6 Å². The van der Waals surface area contributed by atoms with Gasteiger partial charge in [-0.15, -0.1) is 0 Å².